The normalized spacial score (nSPS) is 23.3. The number of carboxylic acids is 1. The van der Waals surface area contributed by atoms with Crippen molar-refractivity contribution in [3.63, 3.8) is 0 Å². The van der Waals surface area contributed by atoms with Crippen LogP contribution in [-0.2, 0) is 9.53 Å². The Morgan fingerprint density at radius 1 is 1.83 bits per heavy atom. The Kier molecular flexibility index (Phi) is 3.04. The van der Waals surface area contributed by atoms with Crippen molar-refractivity contribution in [2.45, 2.75) is 18.9 Å². The van der Waals surface area contributed by atoms with Gasteiger partial charge < -0.3 is 15.6 Å². The van der Waals surface area contributed by atoms with Gasteiger partial charge in [0.25, 0.3) is 0 Å². The highest BCUT2D eigenvalue weighted by atomic mass is 16.5. The summed E-state index contributed by atoms with van der Waals surface area (Å²) in [6.07, 6.45) is 1.38. The van der Waals surface area contributed by atoms with Gasteiger partial charge in [-0.25, -0.2) is 4.79 Å². The number of carbonyl (C=O) groups is 1. The van der Waals surface area contributed by atoms with E-state index >= 15 is 0 Å². The van der Waals surface area contributed by atoms with Crippen molar-refractivity contribution < 1.29 is 14.6 Å². The highest BCUT2D eigenvalue weighted by Gasteiger charge is 2.17. The molecule has 5 nitrogen and oxygen atoms in total. The van der Waals surface area contributed by atoms with Crippen LogP contribution < -0.4 is 5.73 Å². The molecular weight excluding hydrogens is 160 g/mol. The van der Waals surface area contributed by atoms with Gasteiger partial charge in [-0.1, -0.05) is 0 Å². The summed E-state index contributed by atoms with van der Waals surface area (Å²) in [4.78, 5) is 14.1. The van der Waals surface area contributed by atoms with Gasteiger partial charge in [0, 0.05) is 6.54 Å². The summed E-state index contributed by atoms with van der Waals surface area (Å²) in [5.41, 5.74) is 5.50. The second-order valence-electron chi connectivity index (χ2n) is 2.64. The summed E-state index contributed by atoms with van der Waals surface area (Å²) in [6.45, 7) is 0.416. The first-order chi connectivity index (χ1) is 5.70. The zero-order chi connectivity index (χ0) is 8.97. The van der Waals surface area contributed by atoms with Crippen molar-refractivity contribution in [2.24, 2.45) is 10.7 Å². The maximum Gasteiger partial charge on any atom is 0.329 e. The fourth-order valence-electron chi connectivity index (χ4n) is 1.08. The van der Waals surface area contributed by atoms with Gasteiger partial charge in [-0.2, -0.15) is 0 Å². The molecule has 0 aromatic heterocycles. The number of hydrogen-bond donors (Lipinski definition) is 2. The Morgan fingerprint density at radius 3 is 3.17 bits per heavy atom. The van der Waals surface area contributed by atoms with Crippen LogP contribution in [-0.4, -0.2) is 36.2 Å². The van der Waals surface area contributed by atoms with Gasteiger partial charge in [-0.15, -0.1) is 0 Å². The van der Waals surface area contributed by atoms with Crippen molar-refractivity contribution in [1.29, 1.82) is 0 Å². The van der Waals surface area contributed by atoms with Crippen LogP contribution in [0.3, 0.4) is 0 Å². The van der Waals surface area contributed by atoms with Gasteiger partial charge in [0.15, 0.2) is 0 Å². The van der Waals surface area contributed by atoms with Crippen LogP contribution in [0.4, 0.5) is 0 Å². The molecule has 1 rings (SSSR count). The number of amidine groups is 1. The first-order valence-corrected chi connectivity index (χ1v) is 3.83. The molecule has 1 aliphatic rings. The average molecular weight is 172 g/mol. The Balaban J connectivity index is 2.35. The monoisotopic (exact) mass is 172 g/mol. The second kappa shape index (κ2) is 4.06. The molecule has 1 atom stereocenters. The molecule has 0 saturated heterocycles. The lowest BCUT2D eigenvalue weighted by Gasteiger charge is -2.19. The van der Waals surface area contributed by atoms with Gasteiger partial charge in [-0.3, -0.25) is 4.99 Å². The van der Waals surface area contributed by atoms with Crippen molar-refractivity contribution >= 4 is 11.8 Å². The van der Waals surface area contributed by atoms with E-state index in [9.17, 15) is 4.79 Å². The quantitative estimate of drug-likeness (QED) is 0.607. The second-order valence-corrected chi connectivity index (χ2v) is 2.64. The number of aliphatic carboxylic acids is 1. The lowest BCUT2D eigenvalue weighted by atomic mass is 10.1. The van der Waals surface area contributed by atoms with Gasteiger partial charge >= 0.3 is 5.97 Å². The minimum atomic E-state index is -0.978. The van der Waals surface area contributed by atoms with E-state index < -0.39 is 5.97 Å². The van der Waals surface area contributed by atoms with Crippen molar-refractivity contribution in [3.8, 4) is 0 Å². The molecule has 3 N–H and O–H groups in total. The number of hydrogen-bond acceptors (Lipinski definition) is 4. The van der Waals surface area contributed by atoms with E-state index in [-0.39, 0.29) is 12.7 Å². The van der Waals surface area contributed by atoms with Gasteiger partial charge in [-0.05, 0) is 12.8 Å². The molecular formula is C7H12N2O3. The summed E-state index contributed by atoms with van der Waals surface area (Å²) in [5, 5.41) is 8.32. The van der Waals surface area contributed by atoms with Crippen LogP contribution in [0, 0.1) is 0 Å². The van der Waals surface area contributed by atoms with Crippen molar-refractivity contribution in [1.82, 2.24) is 0 Å². The predicted molar refractivity (Wildman–Crippen MR) is 43.1 cm³/mol. The van der Waals surface area contributed by atoms with Crippen LogP contribution in [0.2, 0.25) is 0 Å². The fourth-order valence-corrected chi connectivity index (χ4v) is 1.08. The summed E-state index contributed by atoms with van der Waals surface area (Å²) in [5.74, 6) is -0.559. The minimum Gasteiger partial charge on any atom is -0.480 e. The number of ether oxygens (including phenoxy) is 1. The molecule has 0 aromatic rings. The summed E-state index contributed by atoms with van der Waals surface area (Å²) in [6, 6.07) is 0. The highest BCUT2D eigenvalue weighted by Crippen LogP contribution is 2.08. The van der Waals surface area contributed by atoms with Crippen molar-refractivity contribution in [3.05, 3.63) is 0 Å². The third-order valence-corrected chi connectivity index (χ3v) is 1.66. The summed E-state index contributed by atoms with van der Waals surface area (Å²) < 4.78 is 5.00. The minimum absolute atomic E-state index is 0.296. The third kappa shape index (κ3) is 2.50. The molecule has 68 valence electrons. The van der Waals surface area contributed by atoms with Crippen molar-refractivity contribution in [2.75, 3.05) is 13.2 Å². The average Bonchev–Trinajstić information content (AvgIpc) is 2.03. The van der Waals surface area contributed by atoms with Crippen LogP contribution in [0.15, 0.2) is 4.99 Å². The molecule has 12 heavy (non-hydrogen) atoms. The largest absolute Gasteiger partial charge is 0.480 e. The zero-order valence-electron chi connectivity index (χ0n) is 6.69. The zero-order valence-corrected chi connectivity index (χ0v) is 6.69. The fraction of sp³-hybridized carbons (Fsp3) is 0.714. The smallest absolute Gasteiger partial charge is 0.329 e. The maximum atomic E-state index is 10.1. The molecule has 1 heterocycles. The number of aliphatic imine (C=N–C) groups is 1. The van der Waals surface area contributed by atoms with E-state index in [0.717, 1.165) is 19.4 Å². The molecule has 0 spiro atoms. The highest BCUT2D eigenvalue weighted by molar-refractivity contribution is 5.85. The Hall–Kier alpha value is -1.10. The number of carboxylic acid groups (broad SMARTS) is 1. The third-order valence-electron chi connectivity index (χ3n) is 1.66. The SMILES string of the molecule is NC1=NCCCC1OCC(=O)O. The van der Waals surface area contributed by atoms with Gasteiger partial charge in [0.1, 0.15) is 18.5 Å². The molecule has 0 saturated carbocycles. The molecule has 0 fully saturated rings. The van der Waals surface area contributed by atoms with E-state index in [1.165, 1.54) is 0 Å². The Bertz CT molecular complexity index is 203. The number of nitrogens with two attached hydrogens (primary N) is 1. The van der Waals surface area contributed by atoms with Crippen LogP contribution in [0.5, 0.6) is 0 Å². The van der Waals surface area contributed by atoms with Crippen LogP contribution >= 0.6 is 0 Å². The maximum absolute atomic E-state index is 10.1. The Labute approximate surface area is 70.2 Å². The first-order valence-electron chi connectivity index (χ1n) is 3.83. The van der Waals surface area contributed by atoms with Gasteiger partial charge in [0.2, 0.25) is 0 Å². The Morgan fingerprint density at radius 2 is 2.58 bits per heavy atom. The van der Waals surface area contributed by atoms with E-state index in [1.54, 1.807) is 0 Å². The first kappa shape index (κ1) is 8.99. The number of nitrogens with zero attached hydrogens (tertiary/aromatic N) is 1. The predicted octanol–water partition coefficient (Wildman–Crippen LogP) is -0.393. The van der Waals surface area contributed by atoms with Gasteiger partial charge in [0.05, 0.1) is 0 Å². The molecule has 0 amide bonds. The van der Waals surface area contributed by atoms with E-state index in [1.807, 2.05) is 0 Å². The number of rotatable bonds is 3. The summed E-state index contributed by atoms with van der Waals surface area (Å²) in [7, 11) is 0. The standard InChI is InChI=1S/C7H12N2O3/c8-7-5(2-1-3-9-7)12-4-6(10)11/h5H,1-4H2,(H2,8,9)(H,10,11). The van der Waals surface area contributed by atoms with E-state index in [0.29, 0.717) is 5.84 Å². The van der Waals surface area contributed by atoms with E-state index in [2.05, 4.69) is 4.99 Å². The van der Waals surface area contributed by atoms with Crippen LogP contribution in [0.1, 0.15) is 12.8 Å². The molecule has 0 radical (unpaired) electrons. The molecule has 0 aromatic carbocycles. The molecule has 5 heteroatoms. The van der Waals surface area contributed by atoms with E-state index in [4.69, 9.17) is 15.6 Å². The molecule has 1 unspecified atom stereocenters. The molecule has 0 aliphatic carbocycles. The molecule has 0 bridgehead atoms. The lowest BCUT2D eigenvalue weighted by molar-refractivity contribution is -0.143. The lowest BCUT2D eigenvalue weighted by Crippen LogP contribution is -2.35. The molecule has 1 aliphatic heterocycles. The summed E-state index contributed by atoms with van der Waals surface area (Å²) >= 11 is 0. The topological polar surface area (TPSA) is 84.9 Å². The van der Waals surface area contributed by atoms with Crippen LogP contribution in [0.25, 0.3) is 0 Å².